The van der Waals surface area contributed by atoms with Crippen LogP contribution in [0.25, 0.3) is 0 Å². The normalized spacial score (nSPS) is 9.57. The second-order valence-electron chi connectivity index (χ2n) is 2.90. The fourth-order valence-corrected chi connectivity index (χ4v) is 1.36. The lowest BCUT2D eigenvalue weighted by Gasteiger charge is -2.13. The molecule has 74 valence electrons. The molecule has 5 heteroatoms. The molecule has 0 spiro atoms. The zero-order valence-electron chi connectivity index (χ0n) is 7.99. The third kappa shape index (κ3) is 1.88. The summed E-state index contributed by atoms with van der Waals surface area (Å²) >= 11 is 5.83. The van der Waals surface area contributed by atoms with E-state index >= 15 is 0 Å². The highest BCUT2D eigenvalue weighted by Crippen LogP contribution is 2.17. The SMILES string of the molecule is C#CCn1ncc(Cl)c(N(C)C)c1=O. The van der Waals surface area contributed by atoms with Crippen molar-refractivity contribution in [2.45, 2.75) is 6.54 Å². The number of rotatable bonds is 2. The Kier molecular flexibility index (Phi) is 3.15. The maximum absolute atomic E-state index is 11.7. The van der Waals surface area contributed by atoms with Crippen molar-refractivity contribution < 1.29 is 0 Å². The number of terminal acetylenes is 1. The highest BCUT2D eigenvalue weighted by atomic mass is 35.5. The first-order valence-electron chi connectivity index (χ1n) is 3.94. The fourth-order valence-electron chi connectivity index (χ4n) is 1.06. The lowest BCUT2D eigenvalue weighted by atomic mass is 10.4. The van der Waals surface area contributed by atoms with Crippen LogP contribution in [-0.4, -0.2) is 23.9 Å². The van der Waals surface area contributed by atoms with Crippen LogP contribution in [-0.2, 0) is 6.54 Å². The van der Waals surface area contributed by atoms with E-state index in [-0.39, 0.29) is 12.1 Å². The van der Waals surface area contributed by atoms with Crippen molar-refractivity contribution in [2.24, 2.45) is 0 Å². The molecule has 1 heterocycles. The van der Waals surface area contributed by atoms with Crippen LogP contribution >= 0.6 is 11.6 Å². The Hall–Kier alpha value is -1.47. The van der Waals surface area contributed by atoms with Gasteiger partial charge in [-0.1, -0.05) is 17.5 Å². The second-order valence-corrected chi connectivity index (χ2v) is 3.31. The number of nitrogens with zero attached hydrogens (tertiary/aromatic N) is 3. The van der Waals surface area contributed by atoms with Gasteiger partial charge < -0.3 is 4.90 Å². The molecule has 14 heavy (non-hydrogen) atoms. The predicted molar refractivity (Wildman–Crippen MR) is 56.7 cm³/mol. The molecule has 0 aliphatic rings. The summed E-state index contributed by atoms with van der Waals surface area (Å²) in [6, 6.07) is 0. The van der Waals surface area contributed by atoms with E-state index in [4.69, 9.17) is 18.0 Å². The summed E-state index contributed by atoms with van der Waals surface area (Å²) in [5.74, 6) is 2.35. The number of anilines is 1. The monoisotopic (exact) mass is 211 g/mol. The summed E-state index contributed by atoms with van der Waals surface area (Å²) in [7, 11) is 3.48. The average molecular weight is 212 g/mol. The summed E-state index contributed by atoms with van der Waals surface area (Å²) in [6.45, 7) is 0.150. The highest BCUT2D eigenvalue weighted by Gasteiger charge is 2.10. The second kappa shape index (κ2) is 4.16. The van der Waals surface area contributed by atoms with Gasteiger partial charge in [0.25, 0.3) is 5.56 Å². The minimum atomic E-state index is -0.277. The van der Waals surface area contributed by atoms with Crippen LogP contribution in [0.1, 0.15) is 0 Å². The van der Waals surface area contributed by atoms with Gasteiger partial charge in [-0.15, -0.1) is 6.42 Å². The molecule has 0 saturated carbocycles. The van der Waals surface area contributed by atoms with Crippen LogP contribution in [0.4, 0.5) is 5.69 Å². The molecular weight excluding hydrogens is 202 g/mol. The van der Waals surface area contributed by atoms with Crippen LogP contribution in [0, 0.1) is 12.3 Å². The van der Waals surface area contributed by atoms with E-state index in [0.29, 0.717) is 10.7 Å². The molecule has 0 amide bonds. The molecule has 0 bridgehead atoms. The van der Waals surface area contributed by atoms with Crippen LogP contribution in [0.2, 0.25) is 5.02 Å². The Balaban J connectivity index is 3.36. The Morgan fingerprint density at radius 2 is 2.36 bits per heavy atom. The Morgan fingerprint density at radius 1 is 1.71 bits per heavy atom. The summed E-state index contributed by atoms with van der Waals surface area (Å²) in [6.07, 6.45) is 6.51. The average Bonchev–Trinajstić information content (AvgIpc) is 2.10. The number of halogens is 1. The van der Waals surface area contributed by atoms with E-state index in [1.165, 1.54) is 10.9 Å². The van der Waals surface area contributed by atoms with Crippen LogP contribution in [0.5, 0.6) is 0 Å². The smallest absolute Gasteiger partial charge is 0.292 e. The zero-order chi connectivity index (χ0) is 10.7. The van der Waals surface area contributed by atoms with E-state index in [0.717, 1.165) is 0 Å². The van der Waals surface area contributed by atoms with Gasteiger partial charge in [0.15, 0.2) is 0 Å². The van der Waals surface area contributed by atoms with Gasteiger partial charge in [0.05, 0.1) is 11.2 Å². The van der Waals surface area contributed by atoms with Gasteiger partial charge in [0.1, 0.15) is 12.2 Å². The lowest BCUT2D eigenvalue weighted by molar-refractivity contribution is 0.661. The van der Waals surface area contributed by atoms with Gasteiger partial charge in [0.2, 0.25) is 0 Å². The zero-order valence-corrected chi connectivity index (χ0v) is 8.75. The summed E-state index contributed by atoms with van der Waals surface area (Å²) in [5.41, 5.74) is 0.123. The largest absolute Gasteiger partial charge is 0.372 e. The molecule has 0 radical (unpaired) electrons. The van der Waals surface area contributed by atoms with Crippen molar-refractivity contribution in [3.8, 4) is 12.3 Å². The molecule has 0 aromatic carbocycles. The van der Waals surface area contributed by atoms with E-state index in [1.54, 1.807) is 19.0 Å². The molecule has 0 saturated heterocycles. The van der Waals surface area contributed by atoms with Crippen molar-refractivity contribution >= 4 is 17.3 Å². The van der Waals surface area contributed by atoms with Crippen LogP contribution < -0.4 is 10.5 Å². The minimum Gasteiger partial charge on any atom is -0.372 e. The third-order valence-corrected chi connectivity index (χ3v) is 1.94. The molecular formula is C9H10ClN3O. The molecule has 0 aliphatic carbocycles. The van der Waals surface area contributed by atoms with Gasteiger partial charge in [0, 0.05) is 14.1 Å². The third-order valence-electron chi connectivity index (χ3n) is 1.66. The van der Waals surface area contributed by atoms with Crippen molar-refractivity contribution in [1.29, 1.82) is 0 Å². The summed E-state index contributed by atoms with van der Waals surface area (Å²) in [5, 5.41) is 4.14. The van der Waals surface area contributed by atoms with Gasteiger partial charge >= 0.3 is 0 Å². The number of hydrogen-bond acceptors (Lipinski definition) is 3. The minimum absolute atomic E-state index is 0.150. The molecule has 0 atom stereocenters. The molecule has 4 nitrogen and oxygen atoms in total. The maximum atomic E-state index is 11.7. The van der Waals surface area contributed by atoms with Crippen molar-refractivity contribution in [3.05, 3.63) is 21.6 Å². The summed E-state index contributed by atoms with van der Waals surface area (Å²) in [4.78, 5) is 13.3. The molecule has 1 aromatic heterocycles. The van der Waals surface area contributed by atoms with Crippen molar-refractivity contribution in [2.75, 3.05) is 19.0 Å². The molecule has 0 aliphatic heterocycles. The summed E-state index contributed by atoms with van der Waals surface area (Å²) < 4.78 is 1.20. The van der Waals surface area contributed by atoms with Crippen LogP contribution in [0.3, 0.4) is 0 Å². The molecule has 0 unspecified atom stereocenters. The molecule has 1 rings (SSSR count). The van der Waals surface area contributed by atoms with Gasteiger partial charge in [-0.25, -0.2) is 4.68 Å². The predicted octanol–water partition coefficient (Wildman–Crippen LogP) is 0.596. The van der Waals surface area contributed by atoms with E-state index < -0.39 is 0 Å². The topological polar surface area (TPSA) is 38.1 Å². The van der Waals surface area contributed by atoms with Crippen molar-refractivity contribution in [1.82, 2.24) is 9.78 Å². The fraction of sp³-hybridized carbons (Fsp3) is 0.333. The Labute approximate surface area is 87.1 Å². The molecule has 0 fully saturated rings. The van der Waals surface area contributed by atoms with Gasteiger partial charge in [-0.05, 0) is 0 Å². The Bertz CT molecular complexity index is 431. The van der Waals surface area contributed by atoms with Crippen LogP contribution in [0.15, 0.2) is 11.0 Å². The van der Waals surface area contributed by atoms with Crippen molar-refractivity contribution in [3.63, 3.8) is 0 Å². The molecule has 1 aromatic rings. The highest BCUT2D eigenvalue weighted by molar-refractivity contribution is 6.33. The first kappa shape index (κ1) is 10.6. The first-order chi connectivity index (χ1) is 6.57. The van der Waals surface area contributed by atoms with Gasteiger partial charge in [-0.3, -0.25) is 4.79 Å². The quantitative estimate of drug-likeness (QED) is 0.673. The molecule has 0 N–H and O–H groups in total. The van der Waals surface area contributed by atoms with E-state index in [1.807, 2.05) is 0 Å². The van der Waals surface area contributed by atoms with E-state index in [9.17, 15) is 4.79 Å². The lowest BCUT2D eigenvalue weighted by Crippen LogP contribution is -2.29. The first-order valence-corrected chi connectivity index (χ1v) is 4.32. The van der Waals surface area contributed by atoms with Gasteiger partial charge in [-0.2, -0.15) is 5.10 Å². The van der Waals surface area contributed by atoms with E-state index in [2.05, 4.69) is 11.0 Å². The number of hydrogen-bond donors (Lipinski definition) is 0. The standard InChI is InChI=1S/C9H10ClN3O/c1-4-5-13-9(14)8(12(2)3)7(10)6-11-13/h1,6H,5H2,2-3H3. The number of aromatic nitrogens is 2. The Morgan fingerprint density at radius 3 is 2.86 bits per heavy atom. The maximum Gasteiger partial charge on any atom is 0.292 e.